The number of nitrogens with two attached hydrogens (primary N) is 2. The molecule has 0 fully saturated rings. The Bertz CT molecular complexity index is 771. The molecule has 0 aromatic heterocycles. The van der Waals surface area contributed by atoms with Gasteiger partial charge in [-0.1, -0.05) is 23.7 Å². The normalized spacial score (nSPS) is 17.2. The monoisotopic (exact) mass is 343 g/mol. The fraction of sp³-hybridized carbons (Fsp3) is 0.176. The van der Waals surface area contributed by atoms with Crippen molar-refractivity contribution >= 4 is 29.2 Å². The van der Waals surface area contributed by atoms with E-state index in [9.17, 15) is 0 Å². The molecule has 0 radical (unpaired) electrons. The molecule has 0 bridgehead atoms. The highest BCUT2D eigenvalue weighted by Crippen LogP contribution is 2.31. The van der Waals surface area contributed by atoms with Gasteiger partial charge < -0.3 is 16.2 Å². The topological polar surface area (TPSA) is 89.2 Å². The number of halogens is 1. The zero-order valence-electron chi connectivity index (χ0n) is 13.2. The van der Waals surface area contributed by atoms with E-state index in [1.807, 2.05) is 48.2 Å². The molecule has 1 aliphatic heterocycles. The number of ether oxygens (including phenoxy) is 1. The second kappa shape index (κ2) is 6.80. The number of guanidine groups is 2. The molecule has 0 amide bonds. The molecule has 6 nitrogen and oxygen atoms in total. The number of anilines is 1. The van der Waals surface area contributed by atoms with Gasteiger partial charge in [0.2, 0.25) is 11.9 Å². The van der Waals surface area contributed by atoms with Crippen LogP contribution >= 0.6 is 11.6 Å². The van der Waals surface area contributed by atoms with Crippen LogP contribution in [0.2, 0.25) is 5.02 Å². The summed E-state index contributed by atoms with van der Waals surface area (Å²) in [6.45, 7) is 2.56. The minimum Gasteiger partial charge on any atom is -0.494 e. The molecule has 1 unspecified atom stereocenters. The van der Waals surface area contributed by atoms with Gasteiger partial charge >= 0.3 is 0 Å². The van der Waals surface area contributed by atoms with Gasteiger partial charge in [-0.25, -0.2) is 4.99 Å². The van der Waals surface area contributed by atoms with Crippen molar-refractivity contribution in [2.24, 2.45) is 21.5 Å². The lowest BCUT2D eigenvalue weighted by atomic mass is 10.1. The third-order valence-electron chi connectivity index (χ3n) is 3.57. The SMILES string of the molecule is CCOc1ccc(C2N=C(N)N=C(N)N2c2ccc(Cl)cc2)cc1. The number of hydrogen-bond acceptors (Lipinski definition) is 6. The van der Waals surface area contributed by atoms with Gasteiger partial charge in [0.15, 0.2) is 6.17 Å². The van der Waals surface area contributed by atoms with E-state index in [1.54, 1.807) is 12.1 Å². The Morgan fingerprint density at radius 3 is 2.38 bits per heavy atom. The van der Waals surface area contributed by atoms with E-state index >= 15 is 0 Å². The highest BCUT2D eigenvalue weighted by Gasteiger charge is 2.27. The molecule has 2 aromatic rings. The highest BCUT2D eigenvalue weighted by molar-refractivity contribution is 6.30. The zero-order valence-corrected chi connectivity index (χ0v) is 13.9. The van der Waals surface area contributed by atoms with Gasteiger partial charge in [-0.2, -0.15) is 4.99 Å². The van der Waals surface area contributed by atoms with Crippen LogP contribution in [0.15, 0.2) is 58.5 Å². The summed E-state index contributed by atoms with van der Waals surface area (Å²) in [6.07, 6.45) is -0.403. The summed E-state index contributed by atoms with van der Waals surface area (Å²) >= 11 is 5.97. The van der Waals surface area contributed by atoms with Crippen LogP contribution in [0, 0.1) is 0 Å². The predicted octanol–water partition coefficient (Wildman–Crippen LogP) is 2.89. The van der Waals surface area contributed by atoms with Crippen LogP contribution in [0.1, 0.15) is 18.7 Å². The van der Waals surface area contributed by atoms with Crippen LogP contribution in [-0.4, -0.2) is 18.5 Å². The Morgan fingerprint density at radius 2 is 1.75 bits per heavy atom. The Labute approximate surface area is 145 Å². The summed E-state index contributed by atoms with van der Waals surface area (Å²) in [5, 5.41) is 0.645. The lowest BCUT2D eigenvalue weighted by Crippen LogP contribution is -2.44. The summed E-state index contributed by atoms with van der Waals surface area (Å²) in [7, 11) is 0. The van der Waals surface area contributed by atoms with E-state index in [1.165, 1.54) is 0 Å². The molecule has 2 aromatic carbocycles. The molecule has 1 heterocycles. The van der Waals surface area contributed by atoms with Crippen LogP contribution in [-0.2, 0) is 0 Å². The van der Waals surface area contributed by atoms with Crippen LogP contribution in [0.3, 0.4) is 0 Å². The average Bonchev–Trinajstić information content (AvgIpc) is 2.56. The fourth-order valence-corrected chi connectivity index (χ4v) is 2.64. The van der Waals surface area contributed by atoms with Crippen LogP contribution in [0.25, 0.3) is 0 Å². The molecule has 7 heteroatoms. The number of aliphatic imine (C=N–C) groups is 2. The van der Waals surface area contributed by atoms with Crippen molar-refractivity contribution in [3.05, 3.63) is 59.1 Å². The van der Waals surface area contributed by atoms with Gasteiger partial charge in [-0.15, -0.1) is 0 Å². The first-order chi connectivity index (χ1) is 11.6. The third kappa shape index (κ3) is 3.28. The minimum absolute atomic E-state index is 0.150. The molecule has 1 atom stereocenters. The Balaban J connectivity index is 1.98. The Morgan fingerprint density at radius 1 is 1.08 bits per heavy atom. The first kappa shape index (κ1) is 16.1. The van der Waals surface area contributed by atoms with Crippen LogP contribution < -0.4 is 21.1 Å². The van der Waals surface area contributed by atoms with E-state index in [4.69, 9.17) is 27.8 Å². The fourth-order valence-electron chi connectivity index (χ4n) is 2.51. The Kier molecular flexibility index (Phi) is 4.57. The lowest BCUT2D eigenvalue weighted by molar-refractivity contribution is 0.340. The predicted molar refractivity (Wildman–Crippen MR) is 97.5 cm³/mol. The largest absolute Gasteiger partial charge is 0.494 e. The molecule has 0 saturated carbocycles. The molecule has 1 aliphatic rings. The maximum atomic E-state index is 6.10. The van der Waals surface area contributed by atoms with E-state index in [0.717, 1.165) is 17.0 Å². The van der Waals surface area contributed by atoms with Gasteiger partial charge in [0, 0.05) is 10.7 Å². The van der Waals surface area contributed by atoms with Crippen molar-refractivity contribution in [1.29, 1.82) is 0 Å². The van der Waals surface area contributed by atoms with Crippen molar-refractivity contribution in [2.45, 2.75) is 13.1 Å². The first-order valence-electron chi connectivity index (χ1n) is 7.53. The summed E-state index contributed by atoms with van der Waals surface area (Å²) in [4.78, 5) is 10.3. The number of hydrogen-bond donors (Lipinski definition) is 2. The first-order valence-corrected chi connectivity index (χ1v) is 7.91. The van der Waals surface area contributed by atoms with Crippen molar-refractivity contribution in [3.8, 4) is 5.75 Å². The summed E-state index contributed by atoms with van der Waals surface area (Å²) in [5.41, 5.74) is 13.7. The molecule has 0 spiro atoms. The van der Waals surface area contributed by atoms with Gasteiger partial charge in [0.25, 0.3) is 0 Å². The molecule has 4 N–H and O–H groups in total. The van der Waals surface area contributed by atoms with Crippen molar-refractivity contribution in [1.82, 2.24) is 0 Å². The maximum absolute atomic E-state index is 6.10. The minimum atomic E-state index is -0.403. The molecular formula is C17H18ClN5O. The quantitative estimate of drug-likeness (QED) is 0.893. The number of benzene rings is 2. The van der Waals surface area contributed by atoms with Gasteiger partial charge in [-0.05, 0) is 48.9 Å². The molecule has 0 aliphatic carbocycles. The molecule has 24 heavy (non-hydrogen) atoms. The second-order valence-electron chi connectivity index (χ2n) is 5.18. The molecule has 124 valence electrons. The van der Waals surface area contributed by atoms with E-state index < -0.39 is 6.17 Å². The number of rotatable bonds is 4. The molecular weight excluding hydrogens is 326 g/mol. The smallest absolute Gasteiger partial charge is 0.221 e. The van der Waals surface area contributed by atoms with Crippen molar-refractivity contribution in [3.63, 3.8) is 0 Å². The Hall–Kier alpha value is -2.73. The van der Waals surface area contributed by atoms with E-state index in [-0.39, 0.29) is 11.9 Å². The van der Waals surface area contributed by atoms with Gasteiger partial charge in [0.1, 0.15) is 5.75 Å². The summed E-state index contributed by atoms with van der Waals surface area (Å²) in [6, 6.07) is 15.0. The summed E-state index contributed by atoms with van der Waals surface area (Å²) < 4.78 is 5.48. The number of nitrogens with zero attached hydrogens (tertiary/aromatic N) is 3. The highest BCUT2D eigenvalue weighted by atomic mass is 35.5. The van der Waals surface area contributed by atoms with E-state index in [2.05, 4.69) is 9.98 Å². The van der Waals surface area contributed by atoms with Crippen molar-refractivity contribution < 1.29 is 4.74 Å². The zero-order chi connectivity index (χ0) is 17.1. The van der Waals surface area contributed by atoms with Crippen LogP contribution in [0.4, 0.5) is 5.69 Å². The van der Waals surface area contributed by atoms with E-state index in [0.29, 0.717) is 11.6 Å². The second-order valence-corrected chi connectivity index (χ2v) is 5.62. The van der Waals surface area contributed by atoms with Gasteiger partial charge in [0.05, 0.1) is 6.61 Å². The lowest BCUT2D eigenvalue weighted by Gasteiger charge is -2.32. The molecule has 0 saturated heterocycles. The standard InChI is InChI=1S/C17H18ClN5O/c1-2-24-14-9-3-11(4-10-14)15-21-16(19)22-17(20)23(15)13-7-5-12(18)6-8-13/h3-10,15H,2H2,1H3,(H4,19,20,21,22). The molecule has 3 rings (SSSR count). The third-order valence-corrected chi connectivity index (χ3v) is 3.82. The van der Waals surface area contributed by atoms with Gasteiger partial charge in [-0.3, -0.25) is 4.90 Å². The maximum Gasteiger partial charge on any atom is 0.221 e. The average molecular weight is 344 g/mol. The summed E-state index contributed by atoms with van der Waals surface area (Å²) in [5.74, 6) is 1.23. The van der Waals surface area contributed by atoms with Crippen molar-refractivity contribution in [2.75, 3.05) is 11.5 Å². The van der Waals surface area contributed by atoms with Crippen LogP contribution in [0.5, 0.6) is 5.75 Å².